The van der Waals surface area contributed by atoms with Gasteiger partial charge in [-0.05, 0) is 47.5 Å². The Morgan fingerprint density at radius 1 is 1.03 bits per heavy atom. The first-order chi connectivity index (χ1) is 13.8. The summed E-state index contributed by atoms with van der Waals surface area (Å²) in [6.45, 7) is 0. The average Bonchev–Trinajstić information content (AvgIpc) is 2.63. The van der Waals surface area contributed by atoms with E-state index in [0.717, 1.165) is 5.56 Å². The normalized spacial score (nSPS) is 11.6. The predicted octanol–water partition coefficient (Wildman–Crippen LogP) is 4.04. The van der Waals surface area contributed by atoms with Gasteiger partial charge in [-0.2, -0.15) is 20.1 Å². The van der Waals surface area contributed by atoms with Crippen LogP contribution in [0.25, 0.3) is 0 Å². The van der Waals surface area contributed by atoms with E-state index in [9.17, 15) is 13.2 Å². The van der Waals surface area contributed by atoms with Crippen LogP contribution in [0.4, 0.5) is 25.1 Å². The smallest absolute Gasteiger partial charge is 0.406 e. The number of hydrogen-bond donors (Lipinski definition) is 2. The highest BCUT2D eigenvalue weighted by Gasteiger charge is 2.30. The summed E-state index contributed by atoms with van der Waals surface area (Å²) < 4.78 is 40.3. The van der Waals surface area contributed by atoms with E-state index in [4.69, 9.17) is 17.3 Å². The maximum absolute atomic E-state index is 12.2. The monoisotopic (exact) mass is 422 g/mol. The highest BCUT2D eigenvalue weighted by Crippen LogP contribution is 2.22. The summed E-state index contributed by atoms with van der Waals surface area (Å²) in [6.07, 6.45) is -2.93. The Morgan fingerprint density at radius 2 is 1.72 bits per heavy atom. The number of nitrogens with two attached hydrogens (primary N) is 1. The van der Waals surface area contributed by atoms with Crippen LogP contribution in [-0.4, -0.2) is 27.5 Å². The summed E-state index contributed by atoms with van der Waals surface area (Å²) in [5.74, 6) is 0.274. The molecule has 0 fully saturated rings. The molecular weight excluding hydrogens is 409 g/mol. The van der Waals surface area contributed by atoms with Gasteiger partial charge in [0.05, 0.1) is 6.21 Å². The van der Waals surface area contributed by atoms with Crippen molar-refractivity contribution in [2.45, 2.75) is 12.8 Å². The number of hydrazone groups is 1. The van der Waals surface area contributed by atoms with E-state index in [1.807, 2.05) is 12.1 Å². The molecular formula is C18H14ClF3N6O. The minimum atomic E-state index is -4.74. The Labute approximate surface area is 168 Å². The molecule has 3 N–H and O–H groups in total. The zero-order valence-electron chi connectivity index (χ0n) is 14.7. The molecule has 0 radical (unpaired) electrons. The number of nitrogens with zero attached hydrogens (tertiary/aromatic N) is 4. The molecule has 150 valence electrons. The Hall–Kier alpha value is -3.40. The number of nitrogens with one attached hydrogen (secondary N) is 1. The standard InChI is InChI=1S/C18H14ClF3N6O/c19-13-5-1-11(2-6-13)9-15-25-16(23)27-17(26-15)28-24-10-12-3-7-14(8-4-12)29-18(20,21)22/h1-8,10H,9H2,(H3,23,25,26,27,28). The van der Waals surface area contributed by atoms with Gasteiger partial charge in [-0.3, -0.25) is 0 Å². The lowest BCUT2D eigenvalue weighted by atomic mass is 10.1. The minimum absolute atomic E-state index is 0.0234. The van der Waals surface area contributed by atoms with Crippen molar-refractivity contribution in [2.75, 3.05) is 11.2 Å². The molecule has 3 rings (SSSR count). The van der Waals surface area contributed by atoms with E-state index < -0.39 is 6.36 Å². The molecule has 0 saturated heterocycles. The van der Waals surface area contributed by atoms with Crippen molar-refractivity contribution in [3.8, 4) is 5.75 Å². The lowest BCUT2D eigenvalue weighted by Gasteiger charge is -2.08. The molecule has 0 aliphatic rings. The van der Waals surface area contributed by atoms with Gasteiger partial charge in [-0.25, -0.2) is 5.43 Å². The van der Waals surface area contributed by atoms with E-state index >= 15 is 0 Å². The van der Waals surface area contributed by atoms with E-state index in [-0.39, 0.29) is 17.6 Å². The Bertz CT molecular complexity index is 994. The van der Waals surface area contributed by atoms with Crippen molar-refractivity contribution in [3.63, 3.8) is 0 Å². The van der Waals surface area contributed by atoms with Crippen LogP contribution in [-0.2, 0) is 6.42 Å². The molecule has 29 heavy (non-hydrogen) atoms. The molecule has 0 saturated carbocycles. The summed E-state index contributed by atoms with van der Waals surface area (Å²) in [5.41, 5.74) is 9.80. The van der Waals surface area contributed by atoms with Gasteiger partial charge < -0.3 is 10.5 Å². The quantitative estimate of drug-likeness (QED) is 0.459. The van der Waals surface area contributed by atoms with Crippen molar-refractivity contribution in [2.24, 2.45) is 5.10 Å². The molecule has 2 aromatic carbocycles. The average molecular weight is 423 g/mol. The fourth-order valence-corrected chi connectivity index (χ4v) is 2.40. The van der Waals surface area contributed by atoms with Crippen LogP contribution in [0.1, 0.15) is 17.0 Å². The Kier molecular flexibility index (Phi) is 6.13. The Balaban J connectivity index is 1.64. The number of ether oxygens (including phenoxy) is 1. The molecule has 0 unspecified atom stereocenters. The number of nitrogen functional groups attached to an aromatic ring is 1. The first-order valence-electron chi connectivity index (χ1n) is 8.16. The maximum Gasteiger partial charge on any atom is 0.573 e. The van der Waals surface area contributed by atoms with E-state index in [1.54, 1.807) is 12.1 Å². The predicted molar refractivity (Wildman–Crippen MR) is 103 cm³/mol. The third kappa shape index (κ3) is 6.61. The molecule has 1 aromatic heterocycles. The molecule has 0 aliphatic heterocycles. The highest BCUT2D eigenvalue weighted by atomic mass is 35.5. The molecule has 0 amide bonds. The molecule has 1 heterocycles. The second kappa shape index (κ2) is 8.74. The topological polar surface area (TPSA) is 98.3 Å². The number of anilines is 2. The number of benzene rings is 2. The minimum Gasteiger partial charge on any atom is -0.406 e. The highest BCUT2D eigenvalue weighted by molar-refractivity contribution is 6.30. The van der Waals surface area contributed by atoms with Crippen LogP contribution >= 0.6 is 11.6 Å². The Morgan fingerprint density at radius 3 is 2.38 bits per heavy atom. The number of aromatic nitrogens is 3. The summed E-state index contributed by atoms with van der Waals surface area (Å²) in [5, 5.41) is 4.58. The van der Waals surface area contributed by atoms with Gasteiger partial charge in [0.2, 0.25) is 11.9 Å². The second-order valence-electron chi connectivity index (χ2n) is 5.72. The molecule has 0 spiro atoms. The summed E-state index contributed by atoms with van der Waals surface area (Å²) in [4.78, 5) is 12.3. The van der Waals surface area contributed by atoms with Gasteiger partial charge in [-0.1, -0.05) is 23.7 Å². The van der Waals surface area contributed by atoms with Crippen molar-refractivity contribution in [3.05, 3.63) is 70.5 Å². The third-order valence-corrected chi connectivity index (χ3v) is 3.72. The SMILES string of the molecule is Nc1nc(Cc2ccc(Cl)cc2)nc(NN=Cc2ccc(OC(F)(F)F)cc2)n1. The van der Waals surface area contributed by atoms with Crippen molar-refractivity contribution in [1.82, 2.24) is 15.0 Å². The van der Waals surface area contributed by atoms with E-state index in [0.29, 0.717) is 22.8 Å². The molecule has 0 aliphatic carbocycles. The van der Waals surface area contributed by atoms with Gasteiger partial charge in [0.25, 0.3) is 0 Å². The van der Waals surface area contributed by atoms with Crippen LogP contribution < -0.4 is 15.9 Å². The third-order valence-electron chi connectivity index (χ3n) is 3.47. The van der Waals surface area contributed by atoms with Gasteiger partial charge in [-0.15, -0.1) is 13.2 Å². The number of alkyl halides is 3. The number of halogens is 4. The van der Waals surface area contributed by atoms with Crippen molar-refractivity contribution < 1.29 is 17.9 Å². The zero-order valence-corrected chi connectivity index (χ0v) is 15.4. The number of hydrogen-bond acceptors (Lipinski definition) is 7. The van der Waals surface area contributed by atoms with Crippen molar-refractivity contribution in [1.29, 1.82) is 0 Å². The fraction of sp³-hybridized carbons (Fsp3) is 0.111. The van der Waals surface area contributed by atoms with Gasteiger partial charge in [0.1, 0.15) is 11.6 Å². The van der Waals surface area contributed by atoms with Gasteiger partial charge in [0, 0.05) is 11.4 Å². The maximum atomic E-state index is 12.2. The van der Waals surface area contributed by atoms with Crippen LogP contribution in [0.3, 0.4) is 0 Å². The molecule has 0 atom stereocenters. The van der Waals surface area contributed by atoms with Crippen LogP contribution in [0.2, 0.25) is 5.02 Å². The van der Waals surface area contributed by atoms with Gasteiger partial charge >= 0.3 is 6.36 Å². The van der Waals surface area contributed by atoms with Crippen LogP contribution in [0.15, 0.2) is 53.6 Å². The van der Waals surface area contributed by atoms with Crippen molar-refractivity contribution >= 4 is 29.7 Å². The lowest BCUT2D eigenvalue weighted by molar-refractivity contribution is -0.274. The fourth-order valence-electron chi connectivity index (χ4n) is 2.27. The first kappa shape index (κ1) is 20.3. The zero-order chi connectivity index (χ0) is 20.9. The molecule has 11 heteroatoms. The first-order valence-corrected chi connectivity index (χ1v) is 8.54. The van der Waals surface area contributed by atoms with E-state index in [2.05, 4.69) is 30.2 Å². The molecule has 7 nitrogen and oxygen atoms in total. The molecule has 0 bridgehead atoms. The van der Waals surface area contributed by atoms with E-state index in [1.165, 1.54) is 30.5 Å². The van der Waals surface area contributed by atoms with Crippen LogP contribution in [0, 0.1) is 0 Å². The largest absolute Gasteiger partial charge is 0.573 e. The van der Waals surface area contributed by atoms with Crippen LogP contribution in [0.5, 0.6) is 5.75 Å². The van der Waals surface area contributed by atoms with Gasteiger partial charge in [0.15, 0.2) is 0 Å². The molecule has 3 aromatic rings. The number of rotatable bonds is 6. The second-order valence-corrected chi connectivity index (χ2v) is 6.16. The summed E-state index contributed by atoms with van der Waals surface area (Å²) >= 11 is 5.87. The lowest BCUT2D eigenvalue weighted by Crippen LogP contribution is -2.17. The summed E-state index contributed by atoms with van der Waals surface area (Å²) in [6, 6.07) is 12.4. The summed E-state index contributed by atoms with van der Waals surface area (Å²) in [7, 11) is 0.